The Hall–Kier alpha value is -4.75. The van der Waals surface area contributed by atoms with Crippen molar-refractivity contribution in [3.8, 4) is 17.2 Å². The highest BCUT2D eigenvalue weighted by Crippen LogP contribution is 2.27. The number of ether oxygens (including phenoxy) is 2. The molecule has 0 bridgehead atoms. The van der Waals surface area contributed by atoms with Crippen molar-refractivity contribution in [3.05, 3.63) is 126 Å². The first-order valence-electron chi connectivity index (χ1n) is 11.6. The van der Waals surface area contributed by atoms with Gasteiger partial charge in [0.15, 0.2) is 5.11 Å². The van der Waals surface area contributed by atoms with Crippen LogP contribution in [0.5, 0.6) is 17.2 Å². The van der Waals surface area contributed by atoms with Crippen LogP contribution in [0.4, 0.5) is 5.69 Å². The highest BCUT2D eigenvalue weighted by Gasteiger charge is 2.34. The van der Waals surface area contributed by atoms with Gasteiger partial charge in [-0.05, 0) is 78.0 Å². The number of nitrogens with zero attached hydrogens (tertiary/aromatic N) is 1. The van der Waals surface area contributed by atoms with Crippen LogP contribution in [-0.2, 0) is 16.2 Å². The van der Waals surface area contributed by atoms with Crippen LogP contribution in [-0.4, -0.2) is 16.9 Å². The molecule has 2 amide bonds. The second-order valence-corrected chi connectivity index (χ2v) is 8.60. The van der Waals surface area contributed by atoms with Crippen molar-refractivity contribution in [1.82, 2.24) is 5.32 Å². The molecule has 0 spiro atoms. The van der Waals surface area contributed by atoms with E-state index < -0.39 is 11.8 Å². The maximum Gasteiger partial charge on any atom is 0.270 e. The molecule has 7 heteroatoms. The molecule has 4 aromatic rings. The molecule has 0 saturated carbocycles. The minimum absolute atomic E-state index is 0.0174. The number of hydrogen-bond donors (Lipinski definition) is 1. The Labute approximate surface area is 219 Å². The molecule has 0 unspecified atom stereocenters. The molecule has 1 fully saturated rings. The zero-order chi connectivity index (χ0) is 25.6. The van der Waals surface area contributed by atoms with E-state index in [2.05, 4.69) is 5.32 Å². The number of carbonyl (C=O) groups excluding carboxylic acids is 2. The number of anilines is 1. The van der Waals surface area contributed by atoms with Crippen LogP contribution < -0.4 is 19.7 Å². The molecule has 1 heterocycles. The maximum absolute atomic E-state index is 13.3. The zero-order valence-corrected chi connectivity index (χ0v) is 20.5. The van der Waals surface area contributed by atoms with Crippen LogP contribution in [0.15, 0.2) is 115 Å². The Morgan fingerprint density at radius 1 is 0.730 bits per heavy atom. The lowest BCUT2D eigenvalue weighted by Crippen LogP contribution is -2.54. The summed E-state index contributed by atoms with van der Waals surface area (Å²) in [5.41, 5.74) is 2.25. The standard InChI is InChI=1S/C30H22N2O4S/c33-28-27(19-21-11-15-24(16-12-21)35-20-22-7-3-1-4-8-22)29(34)32(30(37)31-28)23-13-17-26(18-14-23)36-25-9-5-2-6-10-25/h1-19H,20H2,(H,31,33,37). The Morgan fingerprint density at radius 3 is 2.00 bits per heavy atom. The fourth-order valence-electron chi connectivity index (χ4n) is 3.75. The van der Waals surface area contributed by atoms with E-state index in [1.807, 2.05) is 60.7 Å². The van der Waals surface area contributed by atoms with E-state index in [0.717, 1.165) is 5.56 Å². The average Bonchev–Trinajstić information content (AvgIpc) is 2.92. The molecule has 0 radical (unpaired) electrons. The Morgan fingerprint density at radius 2 is 1.32 bits per heavy atom. The summed E-state index contributed by atoms with van der Waals surface area (Å²) in [6.45, 7) is 0.448. The van der Waals surface area contributed by atoms with Crippen LogP contribution in [0.25, 0.3) is 6.08 Å². The maximum atomic E-state index is 13.3. The molecular weight excluding hydrogens is 484 g/mol. The number of hydrogen-bond acceptors (Lipinski definition) is 5. The number of benzene rings is 4. The van der Waals surface area contributed by atoms with Gasteiger partial charge in [-0.2, -0.15) is 0 Å². The molecule has 1 aliphatic rings. The van der Waals surface area contributed by atoms with Crippen molar-refractivity contribution in [3.63, 3.8) is 0 Å². The van der Waals surface area contributed by atoms with Crippen molar-refractivity contribution < 1.29 is 19.1 Å². The molecule has 37 heavy (non-hydrogen) atoms. The fourth-order valence-corrected chi connectivity index (χ4v) is 4.03. The van der Waals surface area contributed by atoms with Gasteiger partial charge in [-0.25, -0.2) is 0 Å². The summed E-state index contributed by atoms with van der Waals surface area (Å²) in [5, 5.41) is 2.63. The van der Waals surface area contributed by atoms with Crippen molar-refractivity contribution in [2.24, 2.45) is 0 Å². The summed E-state index contributed by atoms with van der Waals surface area (Å²) in [4.78, 5) is 27.2. The summed E-state index contributed by atoms with van der Waals surface area (Å²) >= 11 is 5.30. The zero-order valence-electron chi connectivity index (χ0n) is 19.7. The molecule has 0 aromatic heterocycles. The Balaban J connectivity index is 1.30. The predicted octanol–water partition coefficient (Wildman–Crippen LogP) is 5.89. The van der Waals surface area contributed by atoms with Crippen molar-refractivity contribution in [1.29, 1.82) is 0 Å². The number of carbonyl (C=O) groups is 2. The Kier molecular flexibility index (Phi) is 7.05. The van der Waals surface area contributed by atoms with E-state index in [1.54, 1.807) is 54.6 Å². The first kappa shape index (κ1) is 24.0. The first-order valence-corrected chi connectivity index (χ1v) is 12.0. The van der Waals surface area contributed by atoms with E-state index in [0.29, 0.717) is 35.1 Å². The largest absolute Gasteiger partial charge is 0.489 e. The van der Waals surface area contributed by atoms with Gasteiger partial charge in [0.1, 0.15) is 29.4 Å². The van der Waals surface area contributed by atoms with Crippen molar-refractivity contribution in [2.75, 3.05) is 4.90 Å². The second-order valence-electron chi connectivity index (χ2n) is 8.21. The molecule has 6 nitrogen and oxygen atoms in total. The van der Waals surface area contributed by atoms with Gasteiger partial charge in [-0.3, -0.25) is 19.8 Å². The topological polar surface area (TPSA) is 67.9 Å². The fraction of sp³-hybridized carbons (Fsp3) is 0.0333. The average molecular weight is 507 g/mol. The monoisotopic (exact) mass is 506 g/mol. The van der Waals surface area contributed by atoms with Gasteiger partial charge in [0, 0.05) is 0 Å². The number of rotatable bonds is 7. The van der Waals surface area contributed by atoms with Gasteiger partial charge >= 0.3 is 0 Å². The van der Waals surface area contributed by atoms with Crippen molar-refractivity contribution >= 4 is 40.9 Å². The van der Waals surface area contributed by atoms with Gasteiger partial charge in [0.2, 0.25) is 0 Å². The summed E-state index contributed by atoms with van der Waals surface area (Å²) in [6.07, 6.45) is 1.54. The van der Waals surface area contributed by atoms with E-state index in [9.17, 15) is 9.59 Å². The molecule has 0 aliphatic carbocycles. The van der Waals surface area contributed by atoms with Gasteiger partial charge < -0.3 is 9.47 Å². The van der Waals surface area contributed by atoms with E-state index in [4.69, 9.17) is 21.7 Å². The van der Waals surface area contributed by atoms with Gasteiger partial charge in [0.05, 0.1) is 5.69 Å². The van der Waals surface area contributed by atoms with E-state index in [1.165, 1.54) is 4.90 Å². The van der Waals surface area contributed by atoms with Crippen LogP contribution in [0.2, 0.25) is 0 Å². The van der Waals surface area contributed by atoms with Gasteiger partial charge in [-0.1, -0.05) is 60.7 Å². The minimum Gasteiger partial charge on any atom is -0.489 e. The third-order valence-electron chi connectivity index (χ3n) is 5.61. The Bertz CT molecular complexity index is 1450. The van der Waals surface area contributed by atoms with Crippen LogP contribution in [0, 0.1) is 0 Å². The number of nitrogens with one attached hydrogen (secondary N) is 1. The number of para-hydroxylation sites is 1. The predicted molar refractivity (Wildman–Crippen MR) is 146 cm³/mol. The lowest BCUT2D eigenvalue weighted by molar-refractivity contribution is -0.122. The lowest BCUT2D eigenvalue weighted by Gasteiger charge is -2.29. The van der Waals surface area contributed by atoms with Gasteiger partial charge in [0.25, 0.3) is 11.8 Å². The molecule has 182 valence electrons. The van der Waals surface area contributed by atoms with Crippen LogP contribution >= 0.6 is 12.2 Å². The first-order chi connectivity index (χ1) is 18.1. The molecule has 4 aromatic carbocycles. The van der Waals surface area contributed by atoms with E-state index in [-0.39, 0.29) is 10.7 Å². The molecule has 5 rings (SSSR count). The molecular formula is C30H22N2O4S. The lowest BCUT2D eigenvalue weighted by atomic mass is 10.1. The van der Waals surface area contributed by atoms with Gasteiger partial charge in [-0.15, -0.1) is 0 Å². The SMILES string of the molecule is O=C1NC(=S)N(c2ccc(Oc3ccccc3)cc2)C(=O)C1=Cc1ccc(OCc2ccccc2)cc1. The summed E-state index contributed by atoms with van der Waals surface area (Å²) in [6, 6.07) is 33.4. The third-order valence-corrected chi connectivity index (χ3v) is 5.90. The van der Waals surface area contributed by atoms with Crippen LogP contribution in [0.3, 0.4) is 0 Å². The molecule has 1 saturated heterocycles. The normalized spacial score (nSPS) is 14.4. The second kappa shape index (κ2) is 10.9. The molecule has 1 aliphatic heterocycles. The van der Waals surface area contributed by atoms with Crippen LogP contribution in [0.1, 0.15) is 11.1 Å². The van der Waals surface area contributed by atoms with Crippen molar-refractivity contribution in [2.45, 2.75) is 6.61 Å². The minimum atomic E-state index is -0.542. The number of amides is 2. The van der Waals surface area contributed by atoms with E-state index >= 15 is 0 Å². The number of thiocarbonyl (C=S) groups is 1. The molecule has 1 N–H and O–H groups in total. The molecule has 0 atom stereocenters. The smallest absolute Gasteiger partial charge is 0.270 e. The highest BCUT2D eigenvalue weighted by molar-refractivity contribution is 7.80. The highest BCUT2D eigenvalue weighted by atomic mass is 32.1. The summed E-state index contributed by atoms with van der Waals surface area (Å²) in [5.74, 6) is 0.953. The third kappa shape index (κ3) is 5.74. The quantitative estimate of drug-likeness (QED) is 0.192. The summed E-state index contributed by atoms with van der Waals surface area (Å²) < 4.78 is 11.6. The summed E-state index contributed by atoms with van der Waals surface area (Å²) in [7, 11) is 0.